The number of amides is 1. The van der Waals surface area contributed by atoms with Crippen LogP contribution in [0.25, 0.3) is 5.95 Å². The maximum absolute atomic E-state index is 12.9. The zero-order valence-electron chi connectivity index (χ0n) is 17.7. The second-order valence-corrected chi connectivity index (χ2v) is 7.29. The van der Waals surface area contributed by atoms with Crippen molar-refractivity contribution in [1.82, 2.24) is 19.7 Å². The van der Waals surface area contributed by atoms with E-state index >= 15 is 0 Å². The van der Waals surface area contributed by atoms with E-state index < -0.39 is 0 Å². The second-order valence-electron chi connectivity index (χ2n) is 7.29. The predicted molar refractivity (Wildman–Crippen MR) is 119 cm³/mol. The van der Waals surface area contributed by atoms with Gasteiger partial charge >= 0.3 is 0 Å². The molecule has 0 saturated carbocycles. The number of carbonyl (C=O) groups excluding carboxylic acids is 1. The molecule has 0 atom stereocenters. The van der Waals surface area contributed by atoms with Crippen molar-refractivity contribution in [2.24, 2.45) is 0 Å². The van der Waals surface area contributed by atoms with Crippen LogP contribution in [0.4, 0.5) is 5.82 Å². The summed E-state index contributed by atoms with van der Waals surface area (Å²) < 4.78 is 7.38. The van der Waals surface area contributed by atoms with E-state index in [1.165, 1.54) is 0 Å². The quantitative estimate of drug-likeness (QED) is 0.506. The minimum Gasteiger partial charge on any atom is -0.489 e. The fraction of sp³-hybridized carbons (Fsp3) is 0.167. The first-order valence-corrected chi connectivity index (χ1v) is 9.95. The van der Waals surface area contributed by atoms with Gasteiger partial charge in [0, 0.05) is 23.0 Å². The molecule has 2 heterocycles. The molecule has 0 fully saturated rings. The lowest BCUT2D eigenvalue weighted by molar-refractivity contribution is 0.102. The lowest BCUT2D eigenvalue weighted by Crippen LogP contribution is -2.16. The summed E-state index contributed by atoms with van der Waals surface area (Å²) in [6, 6.07) is 20.6. The number of ether oxygens (including phenoxy) is 1. The van der Waals surface area contributed by atoms with Gasteiger partial charge in [0.2, 0.25) is 0 Å². The SMILES string of the molecule is Cc1cc(C)nc(-n2nc(C)cc2NC(=O)c2cccc(OCc3ccccc3)c2)n1. The summed E-state index contributed by atoms with van der Waals surface area (Å²) in [6.07, 6.45) is 0. The van der Waals surface area contributed by atoms with Crippen LogP contribution in [-0.4, -0.2) is 25.7 Å². The Labute approximate surface area is 180 Å². The Bertz CT molecular complexity index is 1200. The number of aryl methyl sites for hydroxylation is 3. The number of benzene rings is 2. The zero-order chi connectivity index (χ0) is 21.8. The minimum atomic E-state index is -0.268. The maximum atomic E-state index is 12.9. The van der Waals surface area contributed by atoms with Crippen LogP contribution in [0.2, 0.25) is 0 Å². The van der Waals surface area contributed by atoms with E-state index in [0.717, 1.165) is 22.6 Å². The Morgan fingerprint density at radius 2 is 1.65 bits per heavy atom. The van der Waals surface area contributed by atoms with Gasteiger partial charge in [-0.15, -0.1) is 0 Å². The maximum Gasteiger partial charge on any atom is 0.256 e. The molecular formula is C24H23N5O2. The molecule has 0 saturated heterocycles. The van der Waals surface area contributed by atoms with Crippen molar-refractivity contribution in [3.05, 3.63) is 94.9 Å². The summed E-state index contributed by atoms with van der Waals surface area (Å²) in [7, 11) is 0. The topological polar surface area (TPSA) is 81.9 Å². The average molecular weight is 413 g/mol. The molecule has 0 bridgehead atoms. The molecule has 0 radical (unpaired) electrons. The summed E-state index contributed by atoms with van der Waals surface area (Å²) >= 11 is 0. The molecule has 0 spiro atoms. The highest BCUT2D eigenvalue weighted by molar-refractivity contribution is 6.04. The molecule has 2 aromatic heterocycles. The van der Waals surface area contributed by atoms with Gasteiger partial charge in [0.1, 0.15) is 18.2 Å². The van der Waals surface area contributed by atoms with Gasteiger partial charge in [0.15, 0.2) is 0 Å². The van der Waals surface area contributed by atoms with E-state index in [-0.39, 0.29) is 5.91 Å². The standard InChI is InChI=1S/C24H23N5O2/c1-16-12-17(2)26-24(25-16)29-22(13-18(3)28-29)27-23(30)20-10-7-11-21(14-20)31-15-19-8-5-4-6-9-19/h4-14H,15H2,1-3H3,(H,27,30). The molecule has 0 aliphatic heterocycles. The summed E-state index contributed by atoms with van der Waals surface area (Å²) in [5.41, 5.74) is 3.95. The third-order valence-corrected chi connectivity index (χ3v) is 4.58. The fourth-order valence-electron chi connectivity index (χ4n) is 3.20. The first-order chi connectivity index (χ1) is 15.0. The highest BCUT2D eigenvalue weighted by atomic mass is 16.5. The number of rotatable bonds is 6. The Balaban J connectivity index is 1.52. The predicted octanol–water partition coefficient (Wildman–Crippen LogP) is 4.42. The smallest absolute Gasteiger partial charge is 0.256 e. The summed E-state index contributed by atoms with van der Waals surface area (Å²) in [5.74, 6) is 1.28. The van der Waals surface area contributed by atoms with Gasteiger partial charge in [-0.05, 0) is 50.6 Å². The molecule has 1 N–H and O–H groups in total. The van der Waals surface area contributed by atoms with E-state index in [4.69, 9.17) is 4.74 Å². The molecule has 0 aliphatic rings. The van der Waals surface area contributed by atoms with Gasteiger partial charge < -0.3 is 10.1 Å². The third kappa shape index (κ3) is 4.95. The van der Waals surface area contributed by atoms with E-state index in [2.05, 4.69) is 20.4 Å². The van der Waals surface area contributed by atoms with Crippen molar-refractivity contribution in [3.63, 3.8) is 0 Å². The Kier molecular flexibility index (Phi) is 5.75. The largest absolute Gasteiger partial charge is 0.489 e. The van der Waals surface area contributed by atoms with Gasteiger partial charge in [-0.1, -0.05) is 36.4 Å². The number of hydrogen-bond donors (Lipinski definition) is 1. The molecule has 7 heteroatoms. The van der Waals surface area contributed by atoms with Crippen LogP contribution in [0.5, 0.6) is 5.75 Å². The minimum absolute atomic E-state index is 0.268. The number of aromatic nitrogens is 4. The number of nitrogens with zero attached hydrogens (tertiary/aromatic N) is 4. The number of carbonyl (C=O) groups is 1. The first kappa shape index (κ1) is 20.3. The van der Waals surface area contributed by atoms with Crippen LogP contribution in [0.3, 0.4) is 0 Å². The van der Waals surface area contributed by atoms with Gasteiger partial charge in [-0.3, -0.25) is 4.79 Å². The van der Waals surface area contributed by atoms with Crippen molar-refractivity contribution in [1.29, 1.82) is 0 Å². The van der Waals surface area contributed by atoms with Crippen molar-refractivity contribution < 1.29 is 9.53 Å². The molecular weight excluding hydrogens is 390 g/mol. The monoisotopic (exact) mass is 413 g/mol. The second kappa shape index (κ2) is 8.79. The number of hydrogen-bond acceptors (Lipinski definition) is 5. The fourth-order valence-corrected chi connectivity index (χ4v) is 3.20. The van der Waals surface area contributed by atoms with E-state index in [0.29, 0.717) is 29.7 Å². The van der Waals surface area contributed by atoms with Gasteiger partial charge in [0.25, 0.3) is 11.9 Å². The van der Waals surface area contributed by atoms with Crippen molar-refractivity contribution in [3.8, 4) is 11.7 Å². The molecule has 156 valence electrons. The molecule has 1 amide bonds. The lowest BCUT2D eigenvalue weighted by atomic mass is 10.2. The third-order valence-electron chi connectivity index (χ3n) is 4.58. The van der Waals surface area contributed by atoms with Gasteiger partial charge in [-0.2, -0.15) is 9.78 Å². The zero-order valence-corrected chi connectivity index (χ0v) is 17.7. The van der Waals surface area contributed by atoms with E-state index in [1.54, 1.807) is 28.9 Å². The summed E-state index contributed by atoms with van der Waals surface area (Å²) in [4.78, 5) is 21.8. The Morgan fingerprint density at radius 1 is 0.903 bits per heavy atom. The highest BCUT2D eigenvalue weighted by Gasteiger charge is 2.15. The lowest BCUT2D eigenvalue weighted by Gasteiger charge is -2.10. The van der Waals surface area contributed by atoms with E-state index in [1.807, 2.05) is 63.2 Å². The van der Waals surface area contributed by atoms with Crippen molar-refractivity contribution in [2.75, 3.05) is 5.32 Å². The molecule has 4 rings (SSSR count). The molecule has 0 unspecified atom stereocenters. The summed E-state index contributed by atoms with van der Waals surface area (Å²) in [6.45, 7) is 6.08. The van der Waals surface area contributed by atoms with Gasteiger partial charge in [-0.25, -0.2) is 9.97 Å². The highest BCUT2D eigenvalue weighted by Crippen LogP contribution is 2.19. The van der Waals surface area contributed by atoms with Crippen molar-refractivity contribution >= 4 is 11.7 Å². The average Bonchev–Trinajstić information content (AvgIpc) is 3.12. The van der Waals surface area contributed by atoms with Crippen LogP contribution < -0.4 is 10.1 Å². The molecule has 4 aromatic rings. The normalized spacial score (nSPS) is 10.7. The molecule has 7 nitrogen and oxygen atoms in total. The van der Waals surface area contributed by atoms with Crippen molar-refractivity contribution in [2.45, 2.75) is 27.4 Å². The Hall–Kier alpha value is -4.00. The molecule has 31 heavy (non-hydrogen) atoms. The van der Waals surface area contributed by atoms with Crippen LogP contribution in [-0.2, 0) is 6.61 Å². The van der Waals surface area contributed by atoms with Crippen LogP contribution >= 0.6 is 0 Å². The van der Waals surface area contributed by atoms with Crippen LogP contribution in [0, 0.1) is 20.8 Å². The Morgan fingerprint density at radius 3 is 2.39 bits per heavy atom. The van der Waals surface area contributed by atoms with E-state index in [9.17, 15) is 4.79 Å². The van der Waals surface area contributed by atoms with Crippen LogP contribution in [0.1, 0.15) is 33.0 Å². The number of nitrogens with one attached hydrogen (secondary N) is 1. The number of anilines is 1. The van der Waals surface area contributed by atoms with Crippen LogP contribution in [0.15, 0.2) is 66.7 Å². The van der Waals surface area contributed by atoms with Gasteiger partial charge in [0.05, 0.1) is 5.69 Å². The molecule has 0 aliphatic carbocycles. The first-order valence-electron chi connectivity index (χ1n) is 9.95. The molecule has 2 aromatic carbocycles. The summed E-state index contributed by atoms with van der Waals surface area (Å²) in [5, 5.41) is 7.35.